The molecule has 1 amide bonds. The fourth-order valence-corrected chi connectivity index (χ4v) is 2.68. The molecule has 1 atom stereocenters. The number of benzene rings is 2. The number of carbonyl (C=O) groups is 1. The Morgan fingerprint density at radius 2 is 1.96 bits per heavy atom. The van der Waals surface area contributed by atoms with Crippen LogP contribution in [0.2, 0.25) is 5.02 Å². The first kappa shape index (κ1) is 19.0. The van der Waals surface area contributed by atoms with E-state index in [1.54, 1.807) is 6.07 Å². The third kappa shape index (κ3) is 5.07. The lowest BCUT2D eigenvalue weighted by Gasteiger charge is -2.20. The van der Waals surface area contributed by atoms with Crippen molar-refractivity contribution in [1.29, 1.82) is 0 Å². The molecule has 1 N–H and O–H groups in total. The predicted octanol–water partition coefficient (Wildman–Crippen LogP) is 4.74. The standard InChI is InChI=1S/C20H22ClFN2O/c1-13-5-6-16(11-19(13)24(3)4)14(2)23-20(25)10-8-15-7-9-17(21)12-18(15)22/h5-12,14H,1-4H3,(H,23,25)/b10-8+. The number of anilines is 1. The van der Waals surface area contributed by atoms with Gasteiger partial charge in [-0.15, -0.1) is 0 Å². The molecule has 0 aliphatic heterocycles. The summed E-state index contributed by atoms with van der Waals surface area (Å²) in [7, 11) is 3.97. The molecule has 0 radical (unpaired) electrons. The van der Waals surface area contributed by atoms with E-state index in [2.05, 4.69) is 11.4 Å². The normalized spacial score (nSPS) is 12.2. The Bertz CT molecular complexity index is 802. The van der Waals surface area contributed by atoms with Crippen molar-refractivity contribution in [3.8, 4) is 0 Å². The van der Waals surface area contributed by atoms with Gasteiger partial charge in [0.15, 0.2) is 0 Å². The first-order valence-electron chi connectivity index (χ1n) is 7.99. The van der Waals surface area contributed by atoms with Gasteiger partial charge in [-0.1, -0.05) is 29.8 Å². The van der Waals surface area contributed by atoms with E-state index in [1.807, 2.05) is 45.0 Å². The molecule has 0 aliphatic rings. The summed E-state index contributed by atoms with van der Waals surface area (Å²) in [6.07, 6.45) is 2.76. The molecule has 0 fully saturated rings. The highest BCUT2D eigenvalue weighted by atomic mass is 35.5. The first-order chi connectivity index (χ1) is 11.8. The van der Waals surface area contributed by atoms with Gasteiger partial charge in [0, 0.05) is 36.4 Å². The van der Waals surface area contributed by atoms with Gasteiger partial charge in [-0.25, -0.2) is 4.39 Å². The molecular formula is C20H22ClFN2O. The number of carbonyl (C=O) groups excluding carboxylic acids is 1. The van der Waals surface area contributed by atoms with Crippen LogP contribution in [0.3, 0.4) is 0 Å². The Balaban J connectivity index is 2.07. The third-order valence-corrected chi connectivity index (χ3v) is 4.19. The molecule has 0 spiro atoms. The summed E-state index contributed by atoms with van der Waals surface area (Å²) in [4.78, 5) is 14.1. The van der Waals surface area contributed by atoms with Crippen molar-refractivity contribution < 1.29 is 9.18 Å². The summed E-state index contributed by atoms with van der Waals surface area (Å²) in [5.74, 6) is -0.743. The second-order valence-electron chi connectivity index (χ2n) is 6.17. The Hall–Kier alpha value is -2.33. The second-order valence-corrected chi connectivity index (χ2v) is 6.61. The molecular weight excluding hydrogens is 339 g/mol. The minimum atomic E-state index is -0.459. The van der Waals surface area contributed by atoms with Gasteiger partial charge in [0.1, 0.15) is 5.82 Å². The maximum absolute atomic E-state index is 13.7. The molecule has 0 aliphatic carbocycles. The number of rotatable bonds is 5. The molecule has 2 rings (SSSR count). The maximum atomic E-state index is 13.7. The van der Waals surface area contributed by atoms with Gasteiger partial charge < -0.3 is 10.2 Å². The van der Waals surface area contributed by atoms with Crippen LogP contribution in [-0.2, 0) is 4.79 Å². The Morgan fingerprint density at radius 3 is 2.60 bits per heavy atom. The number of nitrogens with one attached hydrogen (secondary N) is 1. The fourth-order valence-electron chi connectivity index (χ4n) is 2.52. The van der Waals surface area contributed by atoms with Crippen LogP contribution >= 0.6 is 11.6 Å². The highest BCUT2D eigenvalue weighted by molar-refractivity contribution is 6.30. The first-order valence-corrected chi connectivity index (χ1v) is 8.37. The number of hydrogen-bond donors (Lipinski definition) is 1. The van der Waals surface area contributed by atoms with E-state index in [0.717, 1.165) is 11.3 Å². The van der Waals surface area contributed by atoms with Crippen LogP contribution in [0, 0.1) is 12.7 Å². The molecule has 2 aromatic carbocycles. The van der Waals surface area contributed by atoms with E-state index in [9.17, 15) is 9.18 Å². The smallest absolute Gasteiger partial charge is 0.244 e. The van der Waals surface area contributed by atoms with Gasteiger partial charge in [-0.05, 0) is 49.2 Å². The van der Waals surface area contributed by atoms with E-state index in [-0.39, 0.29) is 11.9 Å². The molecule has 3 nitrogen and oxygen atoms in total. The van der Waals surface area contributed by atoms with E-state index < -0.39 is 5.82 Å². The van der Waals surface area contributed by atoms with E-state index in [4.69, 9.17) is 11.6 Å². The maximum Gasteiger partial charge on any atom is 0.244 e. The molecule has 1 unspecified atom stereocenters. The highest BCUT2D eigenvalue weighted by Crippen LogP contribution is 2.23. The number of hydrogen-bond acceptors (Lipinski definition) is 2. The molecule has 0 bridgehead atoms. The summed E-state index contributed by atoms with van der Waals surface area (Å²) < 4.78 is 13.7. The molecule has 25 heavy (non-hydrogen) atoms. The van der Waals surface area contributed by atoms with Crippen LogP contribution in [-0.4, -0.2) is 20.0 Å². The number of aryl methyl sites for hydroxylation is 1. The molecule has 0 heterocycles. The van der Waals surface area contributed by atoms with Gasteiger partial charge >= 0.3 is 0 Å². The van der Waals surface area contributed by atoms with Gasteiger partial charge in [0.05, 0.1) is 6.04 Å². The van der Waals surface area contributed by atoms with E-state index >= 15 is 0 Å². The minimum absolute atomic E-state index is 0.161. The summed E-state index contributed by atoms with van der Waals surface area (Å²) in [5.41, 5.74) is 3.61. The Morgan fingerprint density at radius 1 is 1.24 bits per heavy atom. The Kier molecular flexibility index (Phi) is 6.21. The summed E-state index contributed by atoms with van der Waals surface area (Å²) in [6.45, 7) is 3.96. The lowest BCUT2D eigenvalue weighted by Crippen LogP contribution is -2.25. The van der Waals surface area contributed by atoms with Crippen LogP contribution in [0.4, 0.5) is 10.1 Å². The number of halogens is 2. The topological polar surface area (TPSA) is 32.3 Å². The lowest BCUT2D eigenvalue weighted by molar-refractivity contribution is -0.117. The van der Waals surface area contributed by atoms with Crippen molar-refractivity contribution in [2.75, 3.05) is 19.0 Å². The zero-order valence-electron chi connectivity index (χ0n) is 14.8. The second kappa shape index (κ2) is 8.17. The highest BCUT2D eigenvalue weighted by Gasteiger charge is 2.10. The SMILES string of the molecule is Cc1ccc(C(C)NC(=O)/C=C/c2ccc(Cl)cc2F)cc1N(C)C. The summed E-state index contributed by atoms with van der Waals surface area (Å²) >= 11 is 5.72. The predicted molar refractivity (Wildman–Crippen MR) is 103 cm³/mol. The van der Waals surface area contributed by atoms with Crippen LogP contribution < -0.4 is 10.2 Å². The van der Waals surface area contributed by atoms with Crippen molar-refractivity contribution in [2.45, 2.75) is 19.9 Å². The average Bonchev–Trinajstić information content (AvgIpc) is 2.54. The van der Waals surface area contributed by atoms with Gasteiger partial charge in [-0.2, -0.15) is 0 Å². The van der Waals surface area contributed by atoms with E-state index in [1.165, 1.54) is 29.8 Å². The fraction of sp³-hybridized carbons (Fsp3) is 0.250. The van der Waals surface area contributed by atoms with Crippen LogP contribution in [0.25, 0.3) is 6.08 Å². The van der Waals surface area contributed by atoms with Crippen LogP contribution in [0.15, 0.2) is 42.5 Å². The number of amides is 1. The third-order valence-electron chi connectivity index (χ3n) is 3.95. The van der Waals surface area contributed by atoms with Crippen molar-refractivity contribution in [3.63, 3.8) is 0 Å². The van der Waals surface area contributed by atoms with Crippen LogP contribution in [0.1, 0.15) is 29.7 Å². The Labute approximate surface area is 153 Å². The average molecular weight is 361 g/mol. The molecule has 0 aromatic heterocycles. The zero-order chi connectivity index (χ0) is 18.6. The van der Waals surface area contributed by atoms with Crippen molar-refractivity contribution >= 4 is 29.3 Å². The molecule has 0 saturated carbocycles. The summed E-state index contributed by atoms with van der Waals surface area (Å²) in [5, 5.41) is 3.21. The van der Waals surface area contributed by atoms with Crippen molar-refractivity contribution in [3.05, 3.63) is 70.0 Å². The molecule has 2 aromatic rings. The van der Waals surface area contributed by atoms with Crippen LogP contribution in [0.5, 0.6) is 0 Å². The summed E-state index contributed by atoms with van der Waals surface area (Å²) in [6, 6.07) is 10.3. The van der Waals surface area contributed by atoms with Gasteiger partial charge in [0.25, 0.3) is 0 Å². The molecule has 0 saturated heterocycles. The lowest BCUT2D eigenvalue weighted by atomic mass is 10.0. The quantitative estimate of drug-likeness (QED) is 0.781. The minimum Gasteiger partial charge on any atom is -0.377 e. The largest absolute Gasteiger partial charge is 0.377 e. The monoisotopic (exact) mass is 360 g/mol. The molecule has 5 heteroatoms. The molecule has 132 valence electrons. The number of nitrogens with zero attached hydrogens (tertiary/aromatic N) is 1. The van der Waals surface area contributed by atoms with Crippen molar-refractivity contribution in [2.24, 2.45) is 0 Å². The van der Waals surface area contributed by atoms with Gasteiger partial charge in [0.2, 0.25) is 5.91 Å². The zero-order valence-corrected chi connectivity index (χ0v) is 15.6. The van der Waals surface area contributed by atoms with E-state index in [0.29, 0.717) is 10.6 Å². The van der Waals surface area contributed by atoms with Gasteiger partial charge in [-0.3, -0.25) is 4.79 Å². The van der Waals surface area contributed by atoms with Crippen molar-refractivity contribution in [1.82, 2.24) is 5.32 Å².